The molecule has 0 bridgehead atoms. The molecule has 0 amide bonds. The van der Waals surface area contributed by atoms with Crippen LogP contribution in [-0.2, 0) is 4.57 Å². The average molecular weight is 185 g/mol. The molecule has 0 saturated heterocycles. The fraction of sp³-hybridized carbons (Fsp3) is 0.444. The third-order valence-electron chi connectivity index (χ3n) is 1.20. The summed E-state index contributed by atoms with van der Waals surface area (Å²) in [5.41, 5.74) is 0.704. The largest absolute Gasteiger partial charge is 0.318 e. The first-order valence-electron chi connectivity index (χ1n) is 4.07. The lowest BCUT2D eigenvalue weighted by Crippen LogP contribution is -2.05. The van der Waals surface area contributed by atoms with E-state index in [1.807, 2.05) is 26.0 Å². The van der Waals surface area contributed by atoms with Crippen LogP contribution in [0.2, 0.25) is 0 Å². The van der Waals surface area contributed by atoms with Gasteiger partial charge in [0.1, 0.15) is 7.14 Å². The summed E-state index contributed by atoms with van der Waals surface area (Å²) in [6.45, 7) is 7.44. The Morgan fingerprint density at radius 2 is 1.83 bits per heavy atom. The van der Waals surface area contributed by atoms with E-state index in [2.05, 4.69) is 4.98 Å². The number of rotatable bonds is 1. The smallest absolute Gasteiger partial charge is 0.127 e. The Balaban J connectivity index is 0.000000561. The van der Waals surface area contributed by atoms with Crippen LogP contribution in [-0.4, -0.2) is 18.3 Å². The van der Waals surface area contributed by atoms with Gasteiger partial charge in [-0.2, -0.15) is 0 Å². The SMILES string of the molecule is CC.CP(C)(=O)c1ccccn1. The molecule has 0 saturated carbocycles. The van der Waals surface area contributed by atoms with Crippen LogP contribution in [0, 0.1) is 0 Å². The molecule has 12 heavy (non-hydrogen) atoms. The number of hydrogen-bond acceptors (Lipinski definition) is 2. The van der Waals surface area contributed by atoms with Crippen molar-refractivity contribution >= 4 is 12.6 Å². The Kier molecular flexibility index (Phi) is 4.84. The van der Waals surface area contributed by atoms with Gasteiger partial charge in [0.15, 0.2) is 0 Å². The Hall–Kier alpha value is -0.620. The molecule has 0 atom stereocenters. The Bertz CT molecular complexity index is 252. The normalized spacial score (nSPS) is 10.0. The summed E-state index contributed by atoms with van der Waals surface area (Å²) >= 11 is 0. The quantitative estimate of drug-likeness (QED) is 0.628. The molecule has 0 aliphatic heterocycles. The minimum Gasteiger partial charge on any atom is -0.318 e. The van der Waals surface area contributed by atoms with Gasteiger partial charge in [0.25, 0.3) is 0 Å². The molecule has 68 valence electrons. The number of nitrogens with zero attached hydrogens (tertiary/aromatic N) is 1. The van der Waals surface area contributed by atoms with E-state index in [1.165, 1.54) is 0 Å². The molecule has 1 rings (SSSR count). The van der Waals surface area contributed by atoms with Crippen LogP contribution < -0.4 is 5.44 Å². The second-order valence-electron chi connectivity index (χ2n) is 2.54. The summed E-state index contributed by atoms with van der Waals surface area (Å²) in [4.78, 5) is 3.99. The highest BCUT2D eigenvalue weighted by atomic mass is 31.2. The third-order valence-corrected chi connectivity index (χ3v) is 2.57. The molecule has 1 aromatic rings. The van der Waals surface area contributed by atoms with Crippen molar-refractivity contribution in [2.45, 2.75) is 13.8 Å². The predicted molar refractivity (Wildman–Crippen MR) is 54.7 cm³/mol. The van der Waals surface area contributed by atoms with Gasteiger partial charge < -0.3 is 4.57 Å². The van der Waals surface area contributed by atoms with Crippen molar-refractivity contribution in [1.29, 1.82) is 0 Å². The van der Waals surface area contributed by atoms with Crippen molar-refractivity contribution in [2.75, 3.05) is 13.3 Å². The van der Waals surface area contributed by atoms with Crippen LogP contribution >= 0.6 is 7.14 Å². The van der Waals surface area contributed by atoms with Crippen molar-refractivity contribution in [2.24, 2.45) is 0 Å². The van der Waals surface area contributed by atoms with Crippen LogP contribution in [0.3, 0.4) is 0 Å². The first-order chi connectivity index (χ1) is 5.61. The van der Waals surface area contributed by atoms with E-state index in [1.54, 1.807) is 25.6 Å². The van der Waals surface area contributed by atoms with E-state index in [-0.39, 0.29) is 0 Å². The standard InChI is InChI=1S/C7H10NOP.C2H6/c1-10(2,9)7-5-3-4-6-8-7;1-2/h3-6H,1-2H3;1-2H3. The lowest BCUT2D eigenvalue weighted by Gasteiger charge is -2.02. The molecule has 0 aliphatic carbocycles. The van der Waals surface area contributed by atoms with Gasteiger partial charge in [-0.15, -0.1) is 0 Å². The molecule has 0 aromatic carbocycles. The molecular weight excluding hydrogens is 169 g/mol. The highest BCUT2D eigenvalue weighted by Gasteiger charge is 2.10. The Morgan fingerprint density at radius 3 is 2.08 bits per heavy atom. The number of aromatic nitrogens is 1. The summed E-state index contributed by atoms with van der Waals surface area (Å²) in [6.07, 6.45) is 1.66. The molecular formula is C9H16NOP. The summed E-state index contributed by atoms with van der Waals surface area (Å²) in [6, 6.07) is 5.46. The van der Waals surface area contributed by atoms with Gasteiger partial charge in [-0.05, 0) is 25.5 Å². The number of pyridine rings is 1. The zero-order valence-electron chi connectivity index (χ0n) is 8.11. The van der Waals surface area contributed by atoms with E-state index in [4.69, 9.17) is 0 Å². The van der Waals surface area contributed by atoms with Gasteiger partial charge in [-0.3, -0.25) is 4.98 Å². The highest BCUT2D eigenvalue weighted by molar-refractivity contribution is 7.69. The van der Waals surface area contributed by atoms with Crippen molar-refractivity contribution in [1.82, 2.24) is 4.98 Å². The van der Waals surface area contributed by atoms with Crippen molar-refractivity contribution < 1.29 is 4.57 Å². The minimum absolute atomic E-state index is 0.704. The second-order valence-corrected chi connectivity index (χ2v) is 5.70. The highest BCUT2D eigenvalue weighted by Crippen LogP contribution is 2.32. The maximum atomic E-state index is 11.4. The zero-order valence-corrected chi connectivity index (χ0v) is 9.01. The lowest BCUT2D eigenvalue weighted by molar-refractivity contribution is 0.588. The van der Waals surface area contributed by atoms with Crippen LogP contribution in [0.25, 0.3) is 0 Å². The lowest BCUT2D eigenvalue weighted by atomic mass is 10.5. The van der Waals surface area contributed by atoms with Crippen LogP contribution in [0.1, 0.15) is 13.8 Å². The van der Waals surface area contributed by atoms with Crippen molar-refractivity contribution in [3.05, 3.63) is 24.4 Å². The third kappa shape index (κ3) is 3.68. The predicted octanol–water partition coefficient (Wildman–Crippen LogP) is 2.36. The molecule has 0 radical (unpaired) electrons. The van der Waals surface area contributed by atoms with Gasteiger partial charge >= 0.3 is 0 Å². The summed E-state index contributed by atoms with van der Waals surface area (Å²) in [5, 5.41) is 0. The molecule has 1 aromatic heterocycles. The van der Waals surface area contributed by atoms with Gasteiger partial charge in [0.2, 0.25) is 0 Å². The Morgan fingerprint density at radius 1 is 1.25 bits per heavy atom. The minimum atomic E-state index is -2.13. The van der Waals surface area contributed by atoms with E-state index >= 15 is 0 Å². The molecule has 0 aliphatic rings. The van der Waals surface area contributed by atoms with Crippen LogP contribution in [0.5, 0.6) is 0 Å². The summed E-state index contributed by atoms with van der Waals surface area (Å²) in [5.74, 6) is 0. The van der Waals surface area contributed by atoms with E-state index < -0.39 is 7.14 Å². The molecule has 1 heterocycles. The molecule has 3 heteroatoms. The maximum Gasteiger partial charge on any atom is 0.127 e. The monoisotopic (exact) mass is 185 g/mol. The number of hydrogen-bond donors (Lipinski definition) is 0. The zero-order chi connectivity index (χ0) is 9.61. The van der Waals surface area contributed by atoms with E-state index in [0.717, 1.165) is 0 Å². The molecule has 0 unspecified atom stereocenters. The van der Waals surface area contributed by atoms with Gasteiger partial charge in [0.05, 0.1) is 5.44 Å². The average Bonchev–Trinajstić information content (AvgIpc) is 2.08. The van der Waals surface area contributed by atoms with Crippen LogP contribution in [0.4, 0.5) is 0 Å². The van der Waals surface area contributed by atoms with E-state index in [0.29, 0.717) is 5.44 Å². The summed E-state index contributed by atoms with van der Waals surface area (Å²) < 4.78 is 11.4. The molecule has 2 nitrogen and oxygen atoms in total. The molecule has 0 spiro atoms. The van der Waals surface area contributed by atoms with Gasteiger partial charge in [-0.1, -0.05) is 19.9 Å². The maximum absolute atomic E-state index is 11.4. The fourth-order valence-corrected chi connectivity index (χ4v) is 1.46. The van der Waals surface area contributed by atoms with Gasteiger partial charge in [0, 0.05) is 6.20 Å². The fourth-order valence-electron chi connectivity index (χ4n) is 0.672. The topological polar surface area (TPSA) is 30.0 Å². The van der Waals surface area contributed by atoms with Crippen molar-refractivity contribution in [3.8, 4) is 0 Å². The molecule has 0 N–H and O–H groups in total. The van der Waals surface area contributed by atoms with E-state index in [9.17, 15) is 4.57 Å². The van der Waals surface area contributed by atoms with Crippen molar-refractivity contribution in [3.63, 3.8) is 0 Å². The second kappa shape index (κ2) is 5.10. The Labute approximate surface area is 74.4 Å². The summed E-state index contributed by atoms with van der Waals surface area (Å²) in [7, 11) is -2.13. The molecule has 0 fully saturated rings. The first kappa shape index (κ1) is 11.4. The van der Waals surface area contributed by atoms with Crippen LogP contribution in [0.15, 0.2) is 24.4 Å². The van der Waals surface area contributed by atoms with Gasteiger partial charge in [-0.25, -0.2) is 0 Å². The first-order valence-corrected chi connectivity index (χ1v) is 6.67.